The number of fused-ring (bicyclic) bond motifs is 2. The molecule has 2 aliphatic heterocycles. The van der Waals surface area contributed by atoms with Gasteiger partial charge in [0, 0.05) is 36.0 Å². The summed E-state index contributed by atoms with van der Waals surface area (Å²) in [5, 5.41) is 0.916. The molecule has 0 saturated carbocycles. The Morgan fingerprint density at radius 2 is 1.67 bits per heavy atom. The molecular formula is C28H23F3N6O2. The van der Waals surface area contributed by atoms with Crippen LogP contribution in [0.25, 0.3) is 33.5 Å². The van der Waals surface area contributed by atoms with Crippen LogP contribution < -0.4 is 14.4 Å². The number of aromatic nitrogens is 5. The fourth-order valence-electron chi connectivity index (χ4n) is 5.38. The molecule has 0 bridgehead atoms. The van der Waals surface area contributed by atoms with Crippen molar-refractivity contribution in [1.82, 2.24) is 24.9 Å². The van der Waals surface area contributed by atoms with Gasteiger partial charge >= 0.3 is 6.29 Å². The van der Waals surface area contributed by atoms with E-state index in [2.05, 4.69) is 34.3 Å². The van der Waals surface area contributed by atoms with Gasteiger partial charge < -0.3 is 24.3 Å². The van der Waals surface area contributed by atoms with Gasteiger partial charge in [-0.1, -0.05) is 0 Å². The molecule has 0 spiro atoms. The van der Waals surface area contributed by atoms with Gasteiger partial charge in [0.2, 0.25) is 0 Å². The molecule has 7 rings (SSSR count). The number of nitrogens with zero attached hydrogens (tertiary/aromatic N) is 4. The Morgan fingerprint density at radius 3 is 2.46 bits per heavy atom. The minimum absolute atomic E-state index is 0.00161. The molecule has 8 nitrogen and oxygen atoms in total. The summed E-state index contributed by atoms with van der Waals surface area (Å²) in [6, 6.07) is 13.1. The van der Waals surface area contributed by atoms with Crippen LogP contribution in [0.1, 0.15) is 30.3 Å². The Balaban J connectivity index is 1.09. The first kappa shape index (κ1) is 23.6. The number of halogens is 3. The van der Waals surface area contributed by atoms with Crippen molar-refractivity contribution >= 4 is 16.9 Å². The Labute approximate surface area is 220 Å². The molecule has 2 aliphatic rings. The van der Waals surface area contributed by atoms with Crippen molar-refractivity contribution in [3.8, 4) is 34.0 Å². The van der Waals surface area contributed by atoms with E-state index in [1.165, 1.54) is 24.3 Å². The van der Waals surface area contributed by atoms with E-state index in [0.29, 0.717) is 11.3 Å². The number of piperidine rings is 1. The molecule has 198 valence electrons. The van der Waals surface area contributed by atoms with Crippen molar-refractivity contribution in [1.29, 1.82) is 0 Å². The third-order valence-electron chi connectivity index (χ3n) is 7.32. The second-order valence-electron chi connectivity index (χ2n) is 9.84. The highest BCUT2D eigenvalue weighted by molar-refractivity contribution is 5.92. The zero-order chi connectivity index (χ0) is 26.7. The van der Waals surface area contributed by atoms with Crippen molar-refractivity contribution < 1.29 is 22.6 Å². The monoisotopic (exact) mass is 532 g/mol. The van der Waals surface area contributed by atoms with E-state index >= 15 is 0 Å². The first-order valence-corrected chi connectivity index (χ1v) is 12.6. The van der Waals surface area contributed by atoms with Crippen molar-refractivity contribution in [2.24, 2.45) is 0 Å². The van der Waals surface area contributed by atoms with Gasteiger partial charge in [0.1, 0.15) is 29.4 Å². The van der Waals surface area contributed by atoms with Crippen LogP contribution in [-0.2, 0) is 0 Å². The SMILES string of the molecule is Cc1[nH]c(C2CCN(c3ncnc4[nH]c(-c5ccc(F)cc5)cc34)CC2)nc1-c1ccc2c(c1)OC(F)(F)O2. The van der Waals surface area contributed by atoms with Crippen LogP contribution >= 0.6 is 0 Å². The first-order chi connectivity index (χ1) is 18.8. The van der Waals surface area contributed by atoms with Crippen molar-refractivity contribution in [3.63, 3.8) is 0 Å². The predicted octanol–water partition coefficient (Wildman–Crippen LogP) is 6.17. The topological polar surface area (TPSA) is 92.0 Å². The molecule has 39 heavy (non-hydrogen) atoms. The summed E-state index contributed by atoms with van der Waals surface area (Å²) in [6.45, 7) is 3.48. The van der Waals surface area contributed by atoms with Crippen LogP contribution in [0.2, 0.25) is 0 Å². The summed E-state index contributed by atoms with van der Waals surface area (Å²) in [5.74, 6) is 1.67. The molecule has 0 aliphatic carbocycles. The third kappa shape index (κ3) is 4.23. The smallest absolute Gasteiger partial charge is 0.395 e. The van der Waals surface area contributed by atoms with Crippen molar-refractivity contribution in [2.45, 2.75) is 32.0 Å². The van der Waals surface area contributed by atoms with E-state index in [1.54, 1.807) is 24.5 Å². The van der Waals surface area contributed by atoms with Gasteiger partial charge in [0.25, 0.3) is 0 Å². The second-order valence-corrected chi connectivity index (χ2v) is 9.84. The summed E-state index contributed by atoms with van der Waals surface area (Å²) in [6.07, 6.45) is -0.377. The molecule has 11 heteroatoms. The number of alkyl halides is 2. The number of nitrogens with one attached hydrogen (secondary N) is 2. The normalized spacial score (nSPS) is 16.8. The summed E-state index contributed by atoms with van der Waals surface area (Å²) < 4.78 is 49.4. The molecule has 2 N–H and O–H groups in total. The maximum Gasteiger partial charge on any atom is 0.586 e. The highest BCUT2D eigenvalue weighted by Crippen LogP contribution is 2.43. The molecule has 1 fully saturated rings. The fraction of sp³-hybridized carbons (Fsp3) is 0.250. The Bertz CT molecular complexity index is 1690. The number of hydrogen-bond donors (Lipinski definition) is 2. The average molecular weight is 533 g/mol. The van der Waals surface area contributed by atoms with E-state index in [0.717, 1.165) is 65.6 Å². The van der Waals surface area contributed by atoms with E-state index in [1.807, 2.05) is 13.0 Å². The lowest BCUT2D eigenvalue weighted by atomic mass is 9.96. The van der Waals surface area contributed by atoms with Crippen LogP contribution in [0, 0.1) is 12.7 Å². The predicted molar refractivity (Wildman–Crippen MR) is 138 cm³/mol. The zero-order valence-corrected chi connectivity index (χ0v) is 20.8. The fourth-order valence-corrected chi connectivity index (χ4v) is 5.38. The number of aryl methyl sites for hydroxylation is 1. The second kappa shape index (κ2) is 8.75. The van der Waals surface area contributed by atoms with Crippen LogP contribution in [0.3, 0.4) is 0 Å². The van der Waals surface area contributed by atoms with E-state index in [-0.39, 0.29) is 23.2 Å². The molecule has 3 aromatic heterocycles. The van der Waals surface area contributed by atoms with Crippen LogP contribution in [0.5, 0.6) is 11.5 Å². The number of H-pyrrole nitrogens is 2. The molecule has 0 radical (unpaired) electrons. The number of rotatable bonds is 4. The van der Waals surface area contributed by atoms with Crippen molar-refractivity contribution in [2.75, 3.05) is 18.0 Å². The van der Waals surface area contributed by atoms with Gasteiger partial charge in [-0.05, 0) is 73.9 Å². The van der Waals surface area contributed by atoms with Gasteiger partial charge in [0.15, 0.2) is 11.5 Å². The molecule has 0 amide bonds. The Morgan fingerprint density at radius 1 is 0.923 bits per heavy atom. The number of imidazole rings is 1. The van der Waals surface area contributed by atoms with E-state index in [9.17, 15) is 13.2 Å². The number of ether oxygens (including phenoxy) is 2. The highest BCUT2D eigenvalue weighted by atomic mass is 19.3. The molecule has 5 aromatic rings. The standard InChI is InChI=1S/C28H23F3N6O2/c1-15-24(18-4-7-22-23(12-18)39-28(30,31)38-22)36-25(34-15)17-8-10-37(11-9-17)27-20-13-21(35-26(20)32-14-33-27)16-2-5-19(29)6-3-16/h2-7,12-14,17H,8-11H2,1H3,(H,34,36)(H,32,33,35). The molecular weight excluding hydrogens is 509 g/mol. The highest BCUT2D eigenvalue weighted by Gasteiger charge is 2.43. The van der Waals surface area contributed by atoms with Crippen molar-refractivity contribution in [3.05, 3.63) is 72.2 Å². The van der Waals surface area contributed by atoms with E-state index in [4.69, 9.17) is 4.98 Å². The summed E-state index contributed by atoms with van der Waals surface area (Å²) in [7, 11) is 0. The Kier molecular flexibility index (Phi) is 5.29. The van der Waals surface area contributed by atoms with Gasteiger partial charge in [0.05, 0.1) is 11.1 Å². The minimum atomic E-state index is -3.65. The molecule has 0 unspecified atom stereocenters. The lowest BCUT2D eigenvalue weighted by molar-refractivity contribution is -0.286. The average Bonchev–Trinajstić information content (AvgIpc) is 3.62. The van der Waals surface area contributed by atoms with Gasteiger partial charge in [-0.25, -0.2) is 19.3 Å². The number of hydrogen-bond acceptors (Lipinski definition) is 6. The summed E-state index contributed by atoms with van der Waals surface area (Å²) in [4.78, 5) is 22.8. The third-order valence-corrected chi connectivity index (χ3v) is 7.32. The van der Waals surface area contributed by atoms with Gasteiger partial charge in [-0.15, -0.1) is 8.78 Å². The largest absolute Gasteiger partial charge is 0.586 e. The molecule has 1 saturated heterocycles. The lowest BCUT2D eigenvalue weighted by Gasteiger charge is -2.32. The number of benzene rings is 2. The number of aromatic amines is 2. The minimum Gasteiger partial charge on any atom is -0.395 e. The number of anilines is 1. The van der Waals surface area contributed by atoms with Crippen LogP contribution in [0.4, 0.5) is 19.0 Å². The molecule has 5 heterocycles. The first-order valence-electron chi connectivity index (χ1n) is 12.6. The van der Waals surface area contributed by atoms with E-state index < -0.39 is 6.29 Å². The maximum atomic E-state index is 13.4. The quantitative estimate of drug-likeness (QED) is 0.288. The lowest BCUT2D eigenvalue weighted by Crippen LogP contribution is -2.33. The molecule has 0 atom stereocenters. The van der Waals surface area contributed by atoms with Crippen LogP contribution in [0.15, 0.2) is 54.9 Å². The molecule has 2 aromatic carbocycles. The van der Waals surface area contributed by atoms with Gasteiger partial charge in [-0.3, -0.25) is 0 Å². The summed E-state index contributed by atoms with van der Waals surface area (Å²) in [5.41, 5.74) is 4.70. The van der Waals surface area contributed by atoms with Gasteiger partial charge in [-0.2, -0.15) is 0 Å². The zero-order valence-electron chi connectivity index (χ0n) is 20.8. The summed E-state index contributed by atoms with van der Waals surface area (Å²) >= 11 is 0. The maximum absolute atomic E-state index is 13.4. The Hall–Kier alpha value is -4.54. The van der Waals surface area contributed by atoms with Crippen LogP contribution in [-0.4, -0.2) is 44.3 Å².